The Morgan fingerprint density at radius 2 is 2.17 bits per heavy atom. The van der Waals surface area contributed by atoms with Crippen molar-refractivity contribution in [1.29, 1.82) is 0 Å². The average Bonchev–Trinajstić information content (AvgIpc) is 2.26. The molecule has 0 amide bonds. The van der Waals surface area contributed by atoms with E-state index in [-0.39, 0.29) is 10.9 Å². The van der Waals surface area contributed by atoms with E-state index in [1.165, 1.54) is 6.07 Å². The molecule has 1 aromatic carbocycles. The van der Waals surface area contributed by atoms with Gasteiger partial charge in [0.05, 0.1) is 4.90 Å². The standard InChI is InChI=1S/C12H17BrN2O2S/c1-9(13)8-15(3)10(2)11-5-4-6-12(7-11)18(14,16)17/h4-7,10H,1,8H2,2-3H3,(H2,14,16,17). The van der Waals surface area contributed by atoms with Crippen LogP contribution < -0.4 is 5.14 Å². The van der Waals surface area contributed by atoms with Gasteiger partial charge in [0, 0.05) is 17.1 Å². The van der Waals surface area contributed by atoms with Crippen LogP contribution in [0.1, 0.15) is 18.5 Å². The monoisotopic (exact) mass is 332 g/mol. The zero-order valence-corrected chi connectivity index (χ0v) is 12.8. The Morgan fingerprint density at radius 1 is 1.56 bits per heavy atom. The van der Waals surface area contributed by atoms with Crippen LogP contribution in [-0.2, 0) is 10.0 Å². The van der Waals surface area contributed by atoms with Gasteiger partial charge in [-0.15, -0.1) is 0 Å². The largest absolute Gasteiger partial charge is 0.295 e. The van der Waals surface area contributed by atoms with Gasteiger partial charge in [-0.1, -0.05) is 34.6 Å². The Labute approximate surface area is 117 Å². The fraction of sp³-hybridized carbons (Fsp3) is 0.333. The molecule has 0 saturated carbocycles. The third-order valence-electron chi connectivity index (χ3n) is 2.75. The number of primary sulfonamides is 1. The minimum Gasteiger partial charge on any atom is -0.295 e. The van der Waals surface area contributed by atoms with Crippen LogP contribution in [0.25, 0.3) is 0 Å². The Kier molecular flexibility index (Phi) is 5.10. The lowest BCUT2D eigenvalue weighted by Crippen LogP contribution is -2.24. The summed E-state index contributed by atoms with van der Waals surface area (Å²) in [5.74, 6) is 0. The highest BCUT2D eigenvalue weighted by atomic mass is 79.9. The van der Waals surface area contributed by atoms with Crippen molar-refractivity contribution >= 4 is 26.0 Å². The topological polar surface area (TPSA) is 63.4 Å². The first-order chi connectivity index (χ1) is 8.21. The molecule has 1 aromatic rings. The molecule has 0 fully saturated rings. The van der Waals surface area contributed by atoms with Crippen molar-refractivity contribution in [2.75, 3.05) is 13.6 Å². The van der Waals surface area contributed by atoms with Gasteiger partial charge in [-0.05, 0) is 31.7 Å². The van der Waals surface area contributed by atoms with Gasteiger partial charge in [-0.25, -0.2) is 13.6 Å². The molecule has 0 aromatic heterocycles. The molecule has 0 radical (unpaired) electrons. The molecule has 0 heterocycles. The van der Waals surface area contributed by atoms with Gasteiger partial charge < -0.3 is 0 Å². The van der Waals surface area contributed by atoms with Crippen LogP contribution in [0, 0.1) is 0 Å². The number of likely N-dealkylation sites (N-methyl/N-ethyl adjacent to an activating group) is 1. The summed E-state index contributed by atoms with van der Waals surface area (Å²) in [7, 11) is -1.71. The number of nitrogens with two attached hydrogens (primary N) is 1. The summed E-state index contributed by atoms with van der Waals surface area (Å²) in [6.07, 6.45) is 0. The number of nitrogens with zero attached hydrogens (tertiary/aromatic N) is 1. The van der Waals surface area contributed by atoms with Crippen LogP contribution >= 0.6 is 15.9 Å². The molecule has 2 N–H and O–H groups in total. The first kappa shape index (κ1) is 15.4. The zero-order valence-electron chi connectivity index (χ0n) is 10.4. The molecule has 0 spiro atoms. The molecule has 1 unspecified atom stereocenters. The Balaban J connectivity index is 3.00. The van der Waals surface area contributed by atoms with E-state index in [2.05, 4.69) is 27.4 Å². The van der Waals surface area contributed by atoms with Gasteiger partial charge in [-0.3, -0.25) is 4.90 Å². The summed E-state index contributed by atoms with van der Waals surface area (Å²) in [5, 5.41) is 5.12. The highest BCUT2D eigenvalue weighted by Gasteiger charge is 2.15. The molecule has 0 aliphatic rings. The van der Waals surface area contributed by atoms with Crippen LogP contribution in [0.5, 0.6) is 0 Å². The highest BCUT2D eigenvalue weighted by molar-refractivity contribution is 9.11. The Morgan fingerprint density at radius 3 is 2.67 bits per heavy atom. The van der Waals surface area contributed by atoms with Crippen LogP contribution in [-0.4, -0.2) is 26.9 Å². The molecule has 0 saturated heterocycles. The summed E-state index contributed by atoms with van der Waals surface area (Å²) in [6, 6.07) is 6.75. The van der Waals surface area contributed by atoms with Gasteiger partial charge in [0.25, 0.3) is 0 Å². The Hall–Kier alpha value is -0.690. The van der Waals surface area contributed by atoms with Crippen molar-refractivity contribution in [1.82, 2.24) is 4.90 Å². The van der Waals surface area contributed by atoms with E-state index >= 15 is 0 Å². The fourth-order valence-corrected chi connectivity index (χ4v) is 2.58. The maximum Gasteiger partial charge on any atom is 0.238 e. The van der Waals surface area contributed by atoms with Crippen LogP contribution in [0.3, 0.4) is 0 Å². The van der Waals surface area contributed by atoms with E-state index < -0.39 is 10.0 Å². The fourth-order valence-electron chi connectivity index (χ4n) is 1.61. The molecule has 4 nitrogen and oxygen atoms in total. The summed E-state index contributed by atoms with van der Waals surface area (Å²) >= 11 is 3.31. The summed E-state index contributed by atoms with van der Waals surface area (Å²) < 4.78 is 23.5. The average molecular weight is 333 g/mol. The molecule has 1 rings (SSSR count). The molecule has 1 atom stereocenters. The molecular weight excluding hydrogens is 316 g/mol. The number of sulfonamides is 1. The molecule has 0 aliphatic carbocycles. The van der Waals surface area contributed by atoms with Crippen LogP contribution in [0.15, 0.2) is 40.2 Å². The van der Waals surface area contributed by atoms with E-state index in [1.54, 1.807) is 12.1 Å². The second-order valence-electron chi connectivity index (χ2n) is 4.23. The predicted molar refractivity (Wildman–Crippen MR) is 76.9 cm³/mol. The lowest BCUT2D eigenvalue weighted by molar-refractivity contribution is 0.288. The number of rotatable bonds is 5. The highest BCUT2D eigenvalue weighted by Crippen LogP contribution is 2.22. The van der Waals surface area contributed by atoms with Crippen molar-refractivity contribution in [2.24, 2.45) is 5.14 Å². The van der Waals surface area contributed by atoms with Crippen LogP contribution in [0.2, 0.25) is 0 Å². The lowest BCUT2D eigenvalue weighted by Gasteiger charge is -2.25. The van der Waals surface area contributed by atoms with E-state index in [1.807, 2.05) is 20.0 Å². The quantitative estimate of drug-likeness (QED) is 0.899. The van der Waals surface area contributed by atoms with Crippen molar-refractivity contribution < 1.29 is 8.42 Å². The lowest BCUT2D eigenvalue weighted by atomic mass is 10.1. The third kappa shape index (κ3) is 4.20. The minimum atomic E-state index is -3.65. The Bertz CT molecular complexity index is 543. The molecule has 0 aliphatic heterocycles. The normalized spacial score (nSPS) is 13.6. The van der Waals surface area contributed by atoms with Gasteiger partial charge in [0.1, 0.15) is 0 Å². The van der Waals surface area contributed by atoms with E-state index in [0.717, 1.165) is 10.0 Å². The zero-order chi connectivity index (χ0) is 13.9. The van der Waals surface area contributed by atoms with Gasteiger partial charge in [0.2, 0.25) is 10.0 Å². The van der Waals surface area contributed by atoms with E-state index in [0.29, 0.717) is 6.54 Å². The first-order valence-corrected chi connectivity index (χ1v) is 7.72. The SMILES string of the molecule is C=C(Br)CN(C)C(C)c1cccc(S(N)(=O)=O)c1. The minimum absolute atomic E-state index is 0.0704. The number of benzene rings is 1. The van der Waals surface area contributed by atoms with Gasteiger partial charge in [-0.2, -0.15) is 0 Å². The summed E-state index contributed by atoms with van der Waals surface area (Å²) in [6.45, 7) is 6.47. The summed E-state index contributed by atoms with van der Waals surface area (Å²) in [5.41, 5.74) is 0.901. The first-order valence-electron chi connectivity index (χ1n) is 5.38. The maximum absolute atomic E-state index is 11.3. The van der Waals surface area contributed by atoms with Crippen molar-refractivity contribution in [3.63, 3.8) is 0 Å². The number of halogens is 1. The van der Waals surface area contributed by atoms with Gasteiger partial charge in [0.15, 0.2) is 0 Å². The number of hydrogen-bond acceptors (Lipinski definition) is 3. The molecule has 0 bridgehead atoms. The van der Waals surface area contributed by atoms with Crippen molar-refractivity contribution in [3.8, 4) is 0 Å². The number of hydrogen-bond donors (Lipinski definition) is 1. The van der Waals surface area contributed by atoms with Crippen molar-refractivity contribution in [2.45, 2.75) is 17.9 Å². The van der Waals surface area contributed by atoms with Crippen LogP contribution in [0.4, 0.5) is 0 Å². The van der Waals surface area contributed by atoms with E-state index in [9.17, 15) is 8.42 Å². The summed E-state index contributed by atoms with van der Waals surface area (Å²) in [4.78, 5) is 2.19. The molecule has 100 valence electrons. The van der Waals surface area contributed by atoms with Gasteiger partial charge >= 0.3 is 0 Å². The second-order valence-corrected chi connectivity index (χ2v) is 6.91. The van der Waals surface area contributed by atoms with E-state index in [4.69, 9.17) is 5.14 Å². The third-order valence-corrected chi connectivity index (χ3v) is 3.91. The maximum atomic E-state index is 11.3. The van der Waals surface area contributed by atoms with Crippen molar-refractivity contribution in [3.05, 3.63) is 40.9 Å². The smallest absolute Gasteiger partial charge is 0.238 e. The molecular formula is C12H17BrN2O2S. The molecule has 6 heteroatoms. The second kappa shape index (κ2) is 5.97. The molecule has 18 heavy (non-hydrogen) atoms. The predicted octanol–water partition coefficient (Wildman–Crippen LogP) is 2.24.